The average Bonchev–Trinajstić information content (AvgIpc) is 3.24. The summed E-state index contributed by atoms with van der Waals surface area (Å²) < 4.78 is 6.75. The monoisotopic (exact) mass is 343 g/mol. The number of aromatic nitrogens is 2. The predicted molar refractivity (Wildman–Crippen MR) is 98.1 cm³/mol. The molecule has 134 valence electrons. The van der Waals surface area contributed by atoms with Gasteiger partial charge in [-0.05, 0) is 25.0 Å². The SMILES string of the molecule is COCCn1cc(NC(=O)NCC(C)N2CCc3ccccc32)cn1. The van der Waals surface area contributed by atoms with Gasteiger partial charge in [0.15, 0.2) is 0 Å². The highest BCUT2D eigenvalue weighted by Gasteiger charge is 2.23. The second-order valence-corrected chi connectivity index (χ2v) is 6.24. The number of para-hydroxylation sites is 1. The van der Waals surface area contributed by atoms with Gasteiger partial charge in [-0.25, -0.2) is 4.79 Å². The number of amides is 2. The van der Waals surface area contributed by atoms with Gasteiger partial charge < -0.3 is 20.3 Å². The summed E-state index contributed by atoms with van der Waals surface area (Å²) in [5.41, 5.74) is 3.33. The number of anilines is 2. The zero-order valence-corrected chi connectivity index (χ0v) is 14.7. The molecule has 0 fully saturated rings. The van der Waals surface area contributed by atoms with E-state index in [0.29, 0.717) is 25.4 Å². The first kappa shape index (κ1) is 17.3. The molecule has 0 bridgehead atoms. The Morgan fingerprint density at radius 2 is 2.24 bits per heavy atom. The molecule has 0 radical (unpaired) electrons. The molecule has 0 spiro atoms. The maximum Gasteiger partial charge on any atom is 0.319 e. The molecule has 1 aromatic heterocycles. The lowest BCUT2D eigenvalue weighted by Crippen LogP contribution is -2.42. The lowest BCUT2D eigenvalue weighted by Gasteiger charge is -2.27. The van der Waals surface area contributed by atoms with Crippen LogP contribution in [-0.4, -0.2) is 48.7 Å². The smallest absolute Gasteiger partial charge is 0.319 e. The molecule has 0 aliphatic carbocycles. The lowest BCUT2D eigenvalue weighted by atomic mass is 10.2. The van der Waals surface area contributed by atoms with Crippen molar-refractivity contribution in [3.05, 3.63) is 42.2 Å². The van der Waals surface area contributed by atoms with E-state index in [0.717, 1.165) is 13.0 Å². The normalized spacial score (nSPS) is 14.2. The number of urea groups is 1. The number of hydrogen-bond acceptors (Lipinski definition) is 4. The summed E-state index contributed by atoms with van der Waals surface area (Å²) in [4.78, 5) is 14.4. The van der Waals surface area contributed by atoms with E-state index in [1.54, 1.807) is 24.2 Å². The minimum atomic E-state index is -0.217. The molecule has 0 saturated carbocycles. The zero-order valence-electron chi connectivity index (χ0n) is 14.7. The molecule has 1 aromatic carbocycles. The number of fused-ring (bicyclic) bond motifs is 1. The first-order valence-electron chi connectivity index (χ1n) is 8.58. The van der Waals surface area contributed by atoms with Gasteiger partial charge in [0.2, 0.25) is 0 Å². The van der Waals surface area contributed by atoms with Crippen LogP contribution < -0.4 is 15.5 Å². The Bertz CT molecular complexity index is 715. The summed E-state index contributed by atoms with van der Waals surface area (Å²) in [5, 5.41) is 9.92. The van der Waals surface area contributed by atoms with Crippen LogP contribution in [-0.2, 0) is 17.7 Å². The molecular formula is C18H25N5O2. The van der Waals surface area contributed by atoms with E-state index in [9.17, 15) is 4.79 Å². The number of rotatable bonds is 7. The summed E-state index contributed by atoms with van der Waals surface area (Å²) in [6.45, 7) is 4.95. The van der Waals surface area contributed by atoms with Gasteiger partial charge in [-0.1, -0.05) is 18.2 Å². The zero-order chi connectivity index (χ0) is 17.6. The van der Waals surface area contributed by atoms with Crippen LogP contribution in [0.15, 0.2) is 36.7 Å². The standard InChI is InChI=1S/C18H25N5O2/c1-14(23-8-7-15-5-3-4-6-17(15)23)11-19-18(24)21-16-12-20-22(13-16)9-10-25-2/h3-6,12-14H,7-11H2,1-2H3,(H2,19,21,24). The third-order valence-corrected chi connectivity index (χ3v) is 4.43. The third kappa shape index (κ3) is 4.30. The summed E-state index contributed by atoms with van der Waals surface area (Å²) >= 11 is 0. The summed E-state index contributed by atoms with van der Waals surface area (Å²) in [5.74, 6) is 0. The largest absolute Gasteiger partial charge is 0.383 e. The second kappa shape index (κ2) is 8.02. The molecule has 2 aromatic rings. The number of carbonyl (C=O) groups is 1. The molecule has 0 saturated heterocycles. The molecular weight excluding hydrogens is 318 g/mol. The van der Waals surface area contributed by atoms with Gasteiger partial charge in [-0.2, -0.15) is 5.10 Å². The highest BCUT2D eigenvalue weighted by Crippen LogP contribution is 2.28. The van der Waals surface area contributed by atoms with Crippen molar-refractivity contribution in [2.45, 2.75) is 25.9 Å². The van der Waals surface area contributed by atoms with Crippen molar-refractivity contribution in [3.63, 3.8) is 0 Å². The maximum absolute atomic E-state index is 12.1. The molecule has 1 atom stereocenters. The van der Waals surface area contributed by atoms with Crippen LogP contribution in [0.3, 0.4) is 0 Å². The number of nitrogens with zero attached hydrogens (tertiary/aromatic N) is 3. The first-order chi connectivity index (χ1) is 12.2. The minimum absolute atomic E-state index is 0.217. The van der Waals surface area contributed by atoms with E-state index < -0.39 is 0 Å². The highest BCUT2D eigenvalue weighted by molar-refractivity contribution is 5.88. The molecule has 2 heterocycles. The molecule has 2 N–H and O–H groups in total. The van der Waals surface area contributed by atoms with E-state index in [1.165, 1.54) is 11.3 Å². The molecule has 1 aliphatic rings. The van der Waals surface area contributed by atoms with Crippen LogP contribution in [0.25, 0.3) is 0 Å². The Labute approximate surface area is 148 Å². The molecule has 25 heavy (non-hydrogen) atoms. The van der Waals surface area contributed by atoms with E-state index in [-0.39, 0.29) is 12.1 Å². The number of hydrogen-bond donors (Lipinski definition) is 2. The molecule has 2 amide bonds. The minimum Gasteiger partial charge on any atom is -0.383 e. The van der Waals surface area contributed by atoms with Crippen molar-refractivity contribution < 1.29 is 9.53 Å². The highest BCUT2D eigenvalue weighted by atomic mass is 16.5. The second-order valence-electron chi connectivity index (χ2n) is 6.24. The average molecular weight is 343 g/mol. The Hall–Kier alpha value is -2.54. The van der Waals surface area contributed by atoms with Crippen molar-refractivity contribution in [1.29, 1.82) is 0 Å². The van der Waals surface area contributed by atoms with Crippen LogP contribution >= 0.6 is 0 Å². The predicted octanol–water partition coefficient (Wildman–Crippen LogP) is 2.10. The Morgan fingerprint density at radius 3 is 3.08 bits per heavy atom. The third-order valence-electron chi connectivity index (χ3n) is 4.43. The van der Waals surface area contributed by atoms with E-state index in [1.807, 2.05) is 0 Å². The van der Waals surface area contributed by atoms with Crippen LogP contribution in [0, 0.1) is 0 Å². The van der Waals surface area contributed by atoms with Gasteiger partial charge in [0.05, 0.1) is 25.0 Å². The van der Waals surface area contributed by atoms with Crippen LogP contribution in [0.4, 0.5) is 16.2 Å². The first-order valence-corrected chi connectivity index (χ1v) is 8.58. The quantitative estimate of drug-likeness (QED) is 0.808. The van der Waals surface area contributed by atoms with Crippen molar-refractivity contribution in [3.8, 4) is 0 Å². The molecule has 1 aliphatic heterocycles. The molecule has 7 heteroatoms. The van der Waals surface area contributed by atoms with Crippen molar-refractivity contribution >= 4 is 17.4 Å². The van der Waals surface area contributed by atoms with Crippen LogP contribution in [0.5, 0.6) is 0 Å². The maximum atomic E-state index is 12.1. The van der Waals surface area contributed by atoms with Gasteiger partial charge in [0.25, 0.3) is 0 Å². The number of carbonyl (C=O) groups excluding carboxylic acids is 1. The molecule has 1 unspecified atom stereocenters. The van der Waals surface area contributed by atoms with Crippen molar-refractivity contribution in [2.75, 3.05) is 37.0 Å². The van der Waals surface area contributed by atoms with Gasteiger partial charge >= 0.3 is 6.03 Å². The van der Waals surface area contributed by atoms with Gasteiger partial charge in [0.1, 0.15) is 0 Å². The summed E-state index contributed by atoms with van der Waals surface area (Å²) in [6, 6.07) is 8.47. The van der Waals surface area contributed by atoms with Gasteiger partial charge in [-0.15, -0.1) is 0 Å². The van der Waals surface area contributed by atoms with Crippen molar-refractivity contribution in [1.82, 2.24) is 15.1 Å². The van der Waals surface area contributed by atoms with Crippen LogP contribution in [0.2, 0.25) is 0 Å². The molecule has 7 nitrogen and oxygen atoms in total. The Balaban J connectivity index is 1.47. The number of nitrogens with one attached hydrogen (secondary N) is 2. The fraction of sp³-hybridized carbons (Fsp3) is 0.444. The Morgan fingerprint density at radius 1 is 1.40 bits per heavy atom. The van der Waals surface area contributed by atoms with Gasteiger partial charge in [0, 0.05) is 38.1 Å². The fourth-order valence-corrected chi connectivity index (χ4v) is 3.08. The lowest BCUT2D eigenvalue weighted by molar-refractivity contribution is 0.183. The number of ether oxygens (including phenoxy) is 1. The Kier molecular flexibility index (Phi) is 5.55. The van der Waals surface area contributed by atoms with E-state index >= 15 is 0 Å². The van der Waals surface area contributed by atoms with Crippen LogP contribution in [0.1, 0.15) is 12.5 Å². The van der Waals surface area contributed by atoms with Gasteiger partial charge in [-0.3, -0.25) is 4.68 Å². The number of methoxy groups -OCH3 is 1. The number of benzene rings is 1. The van der Waals surface area contributed by atoms with E-state index in [2.05, 4.69) is 51.8 Å². The molecule has 3 rings (SSSR count). The van der Waals surface area contributed by atoms with Crippen molar-refractivity contribution in [2.24, 2.45) is 0 Å². The summed E-state index contributed by atoms with van der Waals surface area (Å²) in [6.07, 6.45) is 4.49. The fourth-order valence-electron chi connectivity index (χ4n) is 3.08. The van der Waals surface area contributed by atoms with E-state index in [4.69, 9.17) is 4.74 Å². The topological polar surface area (TPSA) is 71.4 Å². The summed E-state index contributed by atoms with van der Waals surface area (Å²) in [7, 11) is 1.65.